The molecule has 0 amide bonds. The smallest absolute Gasteiger partial charge is 0.0575 e. The van der Waals surface area contributed by atoms with Crippen molar-refractivity contribution in [3.05, 3.63) is 0 Å². The molecule has 0 spiro atoms. The molecule has 3 unspecified atom stereocenters. The molecule has 2 aliphatic rings. The second-order valence-corrected chi connectivity index (χ2v) is 9.17. The molecule has 24 heavy (non-hydrogen) atoms. The van der Waals surface area contributed by atoms with Crippen LogP contribution in [-0.2, 0) is 9.47 Å². The molecule has 2 nitrogen and oxygen atoms in total. The molecule has 142 valence electrons. The summed E-state index contributed by atoms with van der Waals surface area (Å²) >= 11 is 0. The summed E-state index contributed by atoms with van der Waals surface area (Å²) in [5.74, 6) is 3.48. The highest BCUT2D eigenvalue weighted by atomic mass is 16.5. The molecule has 1 saturated carbocycles. The van der Waals surface area contributed by atoms with E-state index in [1.807, 2.05) is 0 Å². The van der Waals surface area contributed by atoms with Crippen molar-refractivity contribution >= 4 is 0 Å². The number of hydrogen-bond acceptors (Lipinski definition) is 2. The summed E-state index contributed by atoms with van der Waals surface area (Å²) in [7, 11) is 0. The van der Waals surface area contributed by atoms with E-state index >= 15 is 0 Å². The average Bonchev–Trinajstić information content (AvgIpc) is 2.58. The summed E-state index contributed by atoms with van der Waals surface area (Å²) < 4.78 is 11.9. The summed E-state index contributed by atoms with van der Waals surface area (Å²) in [4.78, 5) is 0. The summed E-state index contributed by atoms with van der Waals surface area (Å²) in [5, 5.41) is 0. The first kappa shape index (κ1) is 20.2. The molecule has 0 aromatic carbocycles. The number of ether oxygens (including phenoxy) is 2. The predicted molar refractivity (Wildman–Crippen MR) is 102 cm³/mol. The maximum atomic E-state index is 6.18. The second kappa shape index (κ2) is 10.8. The number of rotatable bonds is 9. The van der Waals surface area contributed by atoms with Gasteiger partial charge in [0.1, 0.15) is 0 Å². The van der Waals surface area contributed by atoms with Crippen LogP contribution >= 0.6 is 0 Å². The molecule has 2 fully saturated rings. The van der Waals surface area contributed by atoms with E-state index in [0.29, 0.717) is 18.1 Å². The van der Waals surface area contributed by atoms with Crippen molar-refractivity contribution < 1.29 is 9.47 Å². The first-order valence-electron chi connectivity index (χ1n) is 10.8. The van der Waals surface area contributed by atoms with Gasteiger partial charge >= 0.3 is 0 Å². The Bertz CT molecular complexity index is 312. The van der Waals surface area contributed by atoms with Crippen LogP contribution in [0.3, 0.4) is 0 Å². The van der Waals surface area contributed by atoms with Crippen molar-refractivity contribution in [3.8, 4) is 0 Å². The predicted octanol–water partition coefficient (Wildman–Crippen LogP) is 6.23. The van der Waals surface area contributed by atoms with Gasteiger partial charge in [0.05, 0.1) is 12.2 Å². The van der Waals surface area contributed by atoms with Gasteiger partial charge in [0.15, 0.2) is 0 Å². The van der Waals surface area contributed by atoms with Gasteiger partial charge in [-0.3, -0.25) is 0 Å². The zero-order chi connectivity index (χ0) is 17.4. The van der Waals surface area contributed by atoms with Crippen molar-refractivity contribution in [2.75, 3.05) is 13.2 Å². The first-order valence-corrected chi connectivity index (χ1v) is 10.8. The van der Waals surface area contributed by atoms with E-state index in [2.05, 4.69) is 27.7 Å². The van der Waals surface area contributed by atoms with Gasteiger partial charge in [0, 0.05) is 13.2 Å². The molecule has 1 heterocycles. The Kier molecular flexibility index (Phi) is 9.11. The summed E-state index contributed by atoms with van der Waals surface area (Å²) in [6.45, 7) is 10.9. The van der Waals surface area contributed by atoms with E-state index < -0.39 is 0 Å². The van der Waals surface area contributed by atoms with Crippen molar-refractivity contribution in [1.82, 2.24) is 0 Å². The lowest BCUT2D eigenvalue weighted by atomic mass is 9.79. The van der Waals surface area contributed by atoms with Gasteiger partial charge < -0.3 is 9.47 Å². The third-order valence-corrected chi connectivity index (χ3v) is 6.28. The molecule has 2 rings (SSSR count). The van der Waals surface area contributed by atoms with Crippen molar-refractivity contribution in [3.63, 3.8) is 0 Å². The van der Waals surface area contributed by atoms with Crippen LogP contribution in [-0.4, -0.2) is 25.4 Å². The lowest BCUT2D eigenvalue weighted by Crippen LogP contribution is -2.27. The fourth-order valence-corrected chi connectivity index (χ4v) is 4.32. The van der Waals surface area contributed by atoms with Gasteiger partial charge in [-0.15, -0.1) is 0 Å². The molecule has 2 heteroatoms. The van der Waals surface area contributed by atoms with Crippen LogP contribution in [0, 0.1) is 23.7 Å². The molecule has 0 bridgehead atoms. The van der Waals surface area contributed by atoms with Crippen LogP contribution in [0.2, 0.25) is 0 Å². The first-order chi connectivity index (χ1) is 11.5. The van der Waals surface area contributed by atoms with Crippen LogP contribution < -0.4 is 0 Å². The fourth-order valence-electron chi connectivity index (χ4n) is 4.32. The molecule has 3 atom stereocenters. The molecule has 0 radical (unpaired) electrons. The lowest BCUT2D eigenvalue weighted by Gasteiger charge is -2.32. The van der Waals surface area contributed by atoms with Crippen LogP contribution in [0.5, 0.6) is 0 Å². The van der Waals surface area contributed by atoms with E-state index in [1.54, 1.807) is 0 Å². The van der Waals surface area contributed by atoms with Crippen molar-refractivity contribution in [2.45, 2.75) is 104 Å². The minimum atomic E-state index is 0.353. The highest BCUT2D eigenvalue weighted by molar-refractivity contribution is 4.75. The Morgan fingerprint density at radius 2 is 1.54 bits per heavy atom. The second-order valence-electron chi connectivity index (χ2n) is 9.17. The standard InChI is InChI=1S/C22H42O2/c1-17(2)23-15-19(4)7-13-22-14-12-21(16-24-22)11-10-20-8-5-18(3)6-9-20/h17-22H,5-16H2,1-4H3. The quantitative estimate of drug-likeness (QED) is 0.496. The topological polar surface area (TPSA) is 18.5 Å². The molecule has 0 N–H and O–H groups in total. The number of hydrogen-bond donors (Lipinski definition) is 0. The lowest BCUT2D eigenvalue weighted by molar-refractivity contribution is -0.0287. The molecular weight excluding hydrogens is 296 g/mol. The van der Waals surface area contributed by atoms with Gasteiger partial charge in [-0.1, -0.05) is 46.0 Å². The monoisotopic (exact) mass is 338 g/mol. The maximum Gasteiger partial charge on any atom is 0.0575 e. The molecule has 0 aromatic heterocycles. The molecule has 1 aliphatic heterocycles. The van der Waals surface area contributed by atoms with Crippen molar-refractivity contribution in [2.24, 2.45) is 23.7 Å². The Morgan fingerprint density at radius 1 is 0.875 bits per heavy atom. The van der Waals surface area contributed by atoms with Gasteiger partial charge in [-0.25, -0.2) is 0 Å². The van der Waals surface area contributed by atoms with Crippen molar-refractivity contribution in [1.29, 1.82) is 0 Å². The van der Waals surface area contributed by atoms with Gasteiger partial charge in [-0.2, -0.15) is 0 Å². The van der Waals surface area contributed by atoms with Gasteiger partial charge in [-0.05, 0) is 69.6 Å². The summed E-state index contributed by atoms with van der Waals surface area (Å²) in [5.41, 5.74) is 0. The normalized spacial score (nSPS) is 32.9. The van der Waals surface area contributed by atoms with Gasteiger partial charge in [0.2, 0.25) is 0 Å². The molecular formula is C22H42O2. The SMILES string of the molecule is CC1CCC(CCC2CCC(CCC(C)COC(C)C)OC2)CC1. The zero-order valence-corrected chi connectivity index (χ0v) is 16.8. The Balaban J connectivity index is 1.51. The fraction of sp³-hybridized carbons (Fsp3) is 1.00. The van der Waals surface area contributed by atoms with Crippen LogP contribution in [0.1, 0.15) is 91.9 Å². The highest BCUT2D eigenvalue weighted by Crippen LogP contribution is 2.34. The summed E-state index contributed by atoms with van der Waals surface area (Å²) in [6.07, 6.45) is 14.7. The van der Waals surface area contributed by atoms with E-state index in [1.165, 1.54) is 64.2 Å². The summed E-state index contributed by atoms with van der Waals surface area (Å²) in [6, 6.07) is 0. The minimum absolute atomic E-state index is 0.353. The van der Waals surface area contributed by atoms with E-state index in [-0.39, 0.29) is 0 Å². The van der Waals surface area contributed by atoms with Crippen LogP contribution in [0.25, 0.3) is 0 Å². The van der Waals surface area contributed by atoms with Crippen LogP contribution in [0.15, 0.2) is 0 Å². The third-order valence-electron chi connectivity index (χ3n) is 6.28. The highest BCUT2D eigenvalue weighted by Gasteiger charge is 2.24. The molecule has 1 aliphatic carbocycles. The van der Waals surface area contributed by atoms with E-state index in [0.717, 1.165) is 31.0 Å². The van der Waals surface area contributed by atoms with Crippen LogP contribution in [0.4, 0.5) is 0 Å². The Labute approximate surface area is 151 Å². The average molecular weight is 339 g/mol. The third kappa shape index (κ3) is 7.87. The largest absolute Gasteiger partial charge is 0.379 e. The molecule has 0 aromatic rings. The Hall–Kier alpha value is -0.0800. The maximum absolute atomic E-state index is 6.18. The van der Waals surface area contributed by atoms with Gasteiger partial charge in [0.25, 0.3) is 0 Å². The van der Waals surface area contributed by atoms with E-state index in [4.69, 9.17) is 9.47 Å². The Morgan fingerprint density at radius 3 is 2.17 bits per heavy atom. The molecule has 1 saturated heterocycles. The minimum Gasteiger partial charge on any atom is -0.379 e. The van der Waals surface area contributed by atoms with E-state index in [9.17, 15) is 0 Å². The zero-order valence-electron chi connectivity index (χ0n) is 16.8.